The Balaban J connectivity index is 1.80. The normalized spacial score (nSPS) is 14.0. The molecule has 162 valence electrons. The number of hydrogen-bond acceptors (Lipinski definition) is 4. The number of rotatable bonds is 4. The van der Waals surface area contributed by atoms with E-state index in [1.165, 1.54) is 27.6 Å². The Labute approximate surface area is 186 Å². The molecule has 1 aliphatic carbocycles. The van der Waals surface area contributed by atoms with Crippen LogP contribution >= 0.6 is 0 Å². The van der Waals surface area contributed by atoms with Crippen LogP contribution in [0.25, 0.3) is 33.0 Å². The van der Waals surface area contributed by atoms with Gasteiger partial charge >= 0.3 is 0 Å². The molecule has 0 radical (unpaired) electrons. The number of nitrogens with one attached hydrogen (secondary N) is 2. The Hall–Kier alpha value is -4.20. The SMILES string of the molecule is CN=C(N)N/N=C(\C)c1ccc2c(c1)-c1ccc(/C(C)=N/NC(N)=NC)c3cccc-2c13. The van der Waals surface area contributed by atoms with E-state index in [4.69, 9.17) is 11.5 Å². The van der Waals surface area contributed by atoms with Crippen LogP contribution < -0.4 is 22.3 Å². The molecule has 6 N–H and O–H groups in total. The summed E-state index contributed by atoms with van der Waals surface area (Å²) >= 11 is 0. The van der Waals surface area contributed by atoms with Crippen LogP contribution in [0.15, 0.2) is 68.7 Å². The Morgan fingerprint density at radius 1 is 0.719 bits per heavy atom. The summed E-state index contributed by atoms with van der Waals surface area (Å²) in [6.07, 6.45) is 0. The van der Waals surface area contributed by atoms with Gasteiger partial charge in [0.25, 0.3) is 0 Å². The first-order valence-electron chi connectivity index (χ1n) is 10.2. The highest BCUT2D eigenvalue weighted by Crippen LogP contribution is 2.48. The molecule has 0 heterocycles. The fourth-order valence-corrected chi connectivity index (χ4v) is 3.91. The molecule has 0 aliphatic heterocycles. The molecule has 1 aliphatic rings. The molecule has 0 fully saturated rings. The van der Waals surface area contributed by atoms with Gasteiger partial charge in [-0.25, -0.2) is 10.9 Å². The van der Waals surface area contributed by atoms with Gasteiger partial charge in [-0.3, -0.25) is 9.98 Å². The van der Waals surface area contributed by atoms with Gasteiger partial charge in [-0.1, -0.05) is 42.5 Å². The molecular weight excluding hydrogens is 400 g/mol. The summed E-state index contributed by atoms with van der Waals surface area (Å²) in [5.74, 6) is 0.544. The first-order chi connectivity index (χ1) is 15.4. The van der Waals surface area contributed by atoms with Gasteiger partial charge in [0.15, 0.2) is 0 Å². The molecule has 0 spiro atoms. The summed E-state index contributed by atoms with van der Waals surface area (Å²) in [7, 11) is 3.23. The third kappa shape index (κ3) is 3.66. The second kappa shape index (κ2) is 8.50. The highest BCUT2D eigenvalue weighted by atomic mass is 15.4. The smallest absolute Gasteiger partial charge is 0.209 e. The van der Waals surface area contributed by atoms with E-state index in [0.29, 0.717) is 0 Å². The van der Waals surface area contributed by atoms with Gasteiger partial charge in [-0.15, -0.1) is 0 Å². The molecule has 0 amide bonds. The van der Waals surface area contributed by atoms with Crippen molar-refractivity contribution < 1.29 is 0 Å². The lowest BCUT2D eigenvalue weighted by Crippen LogP contribution is -2.27. The molecule has 0 saturated carbocycles. The maximum atomic E-state index is 5.72. The Morgan fingerprint density at radius 2 is 1.34 bits per heavy atom. The number of nitrogens with two attached hydrogens (primary N) is 2. The standard InChI is InChI=1S/C24H26N8/c1-13(29-31-23(25)27-3)15-8-9-17-19-7-5-6-18-16(14(2)30-32-24(26)28-4)10-11-20(22(18)19)21(17)12-15/h5-12H,1-4H3,(H3,25,27,31)(H3,26,28,32)/b29-13+,30-14+. The third-order valence-corrected chi connectivity index (χ3v) is 5.61. The van der Waals surface area contributed by atoms with E-state index in [-0.39, 0.29) is 11.9 Å². The molecular formula is C24H26N8. The van der Waals surface area contributed by atoms with Crippen molar-refractivity contribution in [2.75, 3.05) is 14.1 Å². The quantitative estimate of drug-likeness (QED) is 0.227. The fraction of sp³-hybridized carbons (Fsp3) is 0.167. The summed E-state index contributed by atoms with van der Waals surface area (Å²) in [5.41, 5.74) is 25.5. The number of aliphatic imine (C=N–C) groups is 2. The molecule has 0 saturated heterocycles. The molecule has 0 atom stereocenters. The molecule has 0 bridgehead atoms. The van der Waals surface area contributed by atoms with Crippen LogP contribution in [0.1, 0.15) is 25.0 Å². The molecule has 8 nitrogen and oxygen atoms in total. The van der Waals surface area contributed by atoms with E-state index in [1.807, 2.05) is 13.8 Å². The molecule has 8 heteroatoms. The zero-order valence-electron chi connectivity index (χ0n) is 18.6. The van der Waals surface area contributed by atoms with Crippen LogP contribution in [0.4, 0.5) is 0 Å². The van der Waals surface area contributed by atoms with Gasteiger partial charge in [-0.05, 0) is 58.5 Å². The molecule has 3 aromatic rings. The van der Waals surface area contributed by atoms with Crippen molar-refractivity contribution >= 4 is 34.1 Å². The number of benzene rings is 3. The average Bonchev–Trinajstić information content (AvgIpc) is 3.15. The molecule has 0 aromatic heterocycles. The lowest BCUT2D eigenvalue weighted by molar-refractivity contribution is 0.997. The summed E-state index contributed by atoms with van der Waals surface area (Å²) in [5, 5.41) is 11.1. The average molecular weight is 427 g/mol. The van der Waals surface area contributed by atoms with Crippen molar-refractivity contribution in [3.05, 3.63) is 59.7 Å². The van der Waals surface area contributed by atoms with Gasteiger partial charge in [-0.2, -0.15) is 10.2 Å². The lowest BCUT2D eigenvalue weighted by Gasteiger charge is -2.09. The highest BCUT2D eigenvalue weighted by molar-refractivity contribution is 6.21. The van der Waals surface area contributed by atoms with Crippen LogP contribution in [0.2, 0.25) is 0 Å². The highest BCUT2D eigenvalue weighted by Gasteiger charge is 2.23. The fourth-order valence-electron chi connectivity index (χ4n) is 3.91. The van der Waals surface area contributed by atoms with Crippen molar-refractivity contribution in [3.8, 4) is 22.3 Å². The van der Waals surface area contributed by atoms with Gasteiger partial charge < -0.3 is 11.5 Å². The van der Waals surface area contributed by atoms with Crippen molar-refractivity contribution in [2.24, 2.45) is 31.7 Å². The van der Waals surface area contributed by atoms with E-state index < -0.39 is 0 Å². The van der Waals surface area contributed by atoms with Gasteiger partial charge in [0.2, 0.25) is 11.9 Å². The van der Waals surface area contributed by atoms with Gasteiger partial charge in [0.1, 0.15) is 0 Å². The first-order valence-corrected chi connectivity index (χ1v) is 10.2. The number of hydrogen-bond donors (Lipinski definition) is 4. The van der Waals surface area contributed by atoms with E-state index >= 15 is 0 Å². The molecule has 3 aromatic carbocycles. The molecule has 4 rings (SSSR count). The summed E-state index contributed by atoms with van der Waals surface area (Å²) in [6, 6.07) is 17.0. The first kappa shape index (κ1) is 21.0. The molecule has 0 unspecified atom stereocenters. The second-order valence-electron chi connectivity index (χ2n) is 7.48. The minimum Gasteiger partial charge on any atom is -0.369 e. The van der Waals surface area contributed by atoms with Crippen LogP contribution in [0.3, 0.4) is 0 Å². The van der Waals surface area contributed by atoms with Crippen molar-refractivity contribution in [3.63, 3.8) is 0 Å². The number of hydrazone groups is 2. The van der Waals surface area contributed by atoms with Gasteiger partial charge in [0.05, 0.1) is 11.4 Å². The predicted molar refractivity (Wildman–Crippen MR) is 134 cm³/mol. The largest absolute Gasteiger partial charge is 0.369 e. The maximum Gasteiger partial charge on any atom is 0.209 e. The third-order valence-electron chi connectivity index (χ3n) is 5.61. The van der Waals surface area contributed by atoms with E-state index in [0.717, 1.165) is 27.9 Å². The minimum absolute atomic E-state index is 0.272. The monoisotopic (exact) mass is 426 g/mol. The molecule has 32 heavy (non-hydrogen) atoms. The zero-order valence-corrected chi connectivity index (χ0v) is 18.6. The van der Waals surface area contributed by atoms with E-state index in [9.17, 15) is 0 Å². The van der Waals surface area contributed by atoms with Gasteiger partial charge in [0, 0.05) is 19.7 Å². The number of fused-ring (bicyclic) bond motifs is 3. The summed E-state index contributed by atoms with van der Waals surface area (Å²) in [6.45, 7) is 3.90. The van der Waals surface area contributed by atoms with Crippen LogP contribution in [0.5, 0.6) is 0 Å². The Bertz CT molecular complexity index is 1330. The summed E-state index contributed by atoms with van der Waals surface area (Å²) < 4.78 is 0. The lowest BCUT2D eigenvalue weighted by atomic mass is 9.96. The van der Waals surface area contributed by atoms with E-state index in [1.54, 1.807) is 14.1 Å². The van der Waals surface area contributed by atoms with Crippen molar-refractivity contribution in [1.29, 1.82) is 0 Å². The Kier molecular flexibility index (Phi) is 5.59. The topological polar surface area (TPSA) is 126 Å². The minimum atomic E-state index is 0.272. The second-order valence-corrected chi connectivity index (χ2v) is 7.48. The van der Waals surface area contributed by atoms with Crippen molar-refractivity contribution in [1.82, 2.24) is 10.9 Å². The van der Waals surface area contributed by atoms with Crippen LogP contribution in [-0.4, -0.2) is 37.4 Å². The van der Waals surface area contributed by atoms with Crippen LogP contribution in [-0.2, 0) is 0 Å². The number of nitrogens with zero attached hydrogens (tertiary/aromatic N) is 4. The maximum absolute atomic E-state index is 5.72. The zero-order chi connectivity index (χ0) is 22.8. The predicted octanol–water partition coefficient (Wildman–Crippen LogP) is 3.00. The summed E-state index contributed by atoms with van der Waals surface area (Å²) in [4.78, 5) is 7.74. The van der Waals surface area contributed by atoms with Crippen molar-refractivity contribution in [2.45, 2.75) is 13.8 Å². The Morgan fingerprint density at radius 3 is 2.03 bits per heavy atom. The van der Waals surface area contributed by atoms with Crippen LogP contribution in [0, 0.1) is 0 Å². The van der Waals surface area contributed by atoms with E-state index in [2.05, 4.69) is 79.6 Å². The number of guanidine groups is 2.